The first-order chi connectivity index (χ1) is 16.1. The molecular weight excluding hydrogens is 432 g/mol. The van der Waals surface area contributed by atoms with Crippen LogP contribution in [0.4, 0.5) is 0 Å². The molecule has 1 aromatic carbocycles. The van der Waals surface area contributed by atoms with Crippen LogP contribution in [-0.4, -0.2) is 84.9 Å². The van der Waals surface area contributed by atoms with Crippen molar-refractivity contribution in [3.05, 3.63) is 42.0 Å². The molecule has 9 nitrogen and oxygen atoms in total. The molecular formula is C24H40O9. The predicted octanol–water partition coefficient (Wildman–Crippen LogP) is 2.90. The Kier molecular flexibility index (Phi) is 16.8. The quantitative estimate of drug-likeness (QED) is 0.227. The molecule has 0 aromatic heterocycles. The summed E-state index contributed by atoms with van der Waals surface area (Å²) >= 11 is 0. The van der Waals surface area contributed by atoms with Crippen LogP contribution in [0, 0.1) is 0 Å². The summed E-state index contributed by atoms with van der Waals surface area (Å²) in [7, 11) is 6.30. The number of hydrogen-bond acceptors (Lipinski definition) is 9. The summed E-state index contributed by atoms with van der Waals surface area (Å²) in [4.78, 5) is 0. The van der Waals surface area contributed by atoms with E-state index in [1.165, 1.54) is 0 Å². The van der Waals surface area contributed by atoms with E-state index in [1.54, 1.807) is 28.4 Å². The second kappa shape index (κ2) is 18.8. The second-order valence-electron chi connectivity index (χ2n) is 7.36. The zero-order valence-electron chi connectivity index (χ0n) is 20.4. The highest BCUT2D eigenvalue weighted by atomic mass is 16.7. The Balaban J connectivity index is 2.76. The van der Waals surface area contributed by atoms with Gasteiger partial charge in [0.2, 0.25) is 0 Å². The Bertz CT molecular complexity index is 608. The number of methoxy groups -OCH3 is 4. The largest absolute Gasteiger partial charge is 0.497 e. The third kappa shape index (κ3) is 13.0. The molecule has 0 heterocycles. The fraction of sp³-hybridized carbons (Fsp3) is 0.667. The van der Waals surface area contributed by atoms with Crippen molar-refractivity contribution in [3.8, 4) is 5.75 Å². The van der Waals surface area contributed by atoms with Crippen LogP contribution in [0.3, 0.4) is 0 Å². The lowest BCUT2D eigenvalue weighted by molar-refractivity contribution is -0.147. The third-order valence-electron chi connectivity index (χ3n) is 4.73. The van der Waals surface area contributed by atoms with Gasteiger partial charge in [0.1, 0.15) is 32.2 Å². The topological polar surface area (TPSA) is 94.1 Å². The van der Waals surface area contributed by atoms with E-state index in [0.29, 0.717) is 19.4 Å². The van der Waals surface area contributed by atoms with E-state index in [9.17, 15) is 5.11 Å². The molecule has 1 N–H and O–H groups in total. The molecule has 0 amide bonds. The first-order valence-electron chi connectivity index (χ1n) is 10.9. The second-order valence-corrected chi connectivity index (χ2v) is 7.36. The Morgan fingerprint density at radius 2 is 1.45 bits per heavy atom. The van der Waals surface area contributed by atoms with Gasteiger partial charge in [-0.1, -0.05) is 24.3 Å². The van der Waals surface area contributed by atoms with Crippen LogP contribution in [0.5, 0.6) is 5.75 Å². The van der Waals surface area contributed by atoms with Gasteiger partial charge >= 0.3 is 0 Å². The molecule has 0 spiro atoms. The van der Waals surface area contributed by atoms with E-state index in [4.69, 9.17) is 37.9 Å². The molecule has 0 saturated heterocycles. The summed E-state index contributed by atoms with van der Waals surface area (Å²) in [5.41, 5.74) is 1.06. The zero-order valence-corrected chi connectivity index (χ0v) is 20.4. The van der Waals surface area contributed by atoms with Crippen molar-refractivity contribution in [1.82, 2.24) is 0 Å². The predicted molar refractivity (Wildman–Crippen MR) is 123 cm³/mol. The van der Waals surface area contributed by atoms with E-state index in [0.717, 1.165) is 11.3 Å². The van der Waals surface area contributed by atoms with Gasteiger partial charge < -0.3 is 43.0 Å². The molecule has 0 bridgehead atoms. The van der Waals surface area contributed by atoms with Crippen molar-refractivity contribution in [1.29, 1.82) is 0 Å². The van der Waals surface area contributed by atoms with Crippen LogP contribution >= 0.6 is 0 Å². The lowest BCUT2D eigenvalue weighted by Gasteiger charge is -2.25. The summed E-state index contributed by atoms with van der Waals surface area (Å²) in [6.07, 6.45) is 3.52. The number of benzene rings is 1. The summed E-state index contributed by atoms with van der Waals surface area (Å²) < 4.78 is 43.6. The number of hydrogen-bond donors (Lipinski definition) is 1. The minimum Gasteiger partial charge on any atom is -0.497 e. The van der Waals surface area contributed by atoms with Crippen molar-refractivity contribution in [2.24, 2.45) is 0 Å². The van der Waals surface area contributed by atoms with Gasteiger partial charge in [0, 0.05) is 34.4 Å². The summed E-state index contributed by atoms with van der Waals surface area (Å²) in [5, 5.41) is 9.41. The SMILES string of the molecule is COCO[C@H](C=C[C@H](OCOC)[C@H](CCO)OCOC)C[C@@H](C)OCc1ccc(OC)cc1. The van der Waals surface area contributed by atoms with Crippen LogP contribution in [-0.2, 0) is 39.8 Å². The highest BCUT2D eigenvalue weighted by Gasteiger charge is 2.22. The van der Waals surface area contributed by atoms with Crippen LogP contribution < -0.4 is 4.74 Å². The minimum atomic E-state index is -0.462. The van der Waals surface area contributed by atoms with Crippen LogP contribution in [0.15, 0.2) is 36.4 Å². The van der Waals surface area contributed by atoms with Gasteiger partial charge in [-0.25, -0.2) is 0 Å². The van der Waals surface area contributed by atoms with Gasteiger partial charge in [-0.05, 0) is 31.0 Å². The minimum absolute atomic E-state index is 0.0467. The normalized spacial score (nSPS) is 15.5. The summed E-state index contributed by atoms with van der Waals surface area (Å²) in [6, 6.07) is 7.77. The van der Waals surface area contributed by atoms with Crippen molar-refractivity contribution >= 4 is 0 Å². The van der Waals surface area contributed by atoms with Crippen molar-refractivity contribution < 1.29 is 43.0 Å². The molecule has 0 unspecified atom stereocenters. The first kappa shape index (κ1) is 29.5. The Morgan fingerprint density at radius 3 is 2.06 bits per heavy atom. The third-order valence-corrected chi connectivity index (χ3v) is 4.73. The standard InChI is InChI=1S/C24H40O9/c1-19(30-15-20-6-8-21(29-5)9-7-20)14-22(31-16-26-2)10-11-23(32-17-27-3)24(12-13-25)33-18-28-4/h6-11,19,22-25H,12-18H2,1-5H3/t19-,22-,23+,24+/m1/s1. The highest BCUT2D eigenvalue weighted by Crippen LogP contribution is 2.16. The molecule has 0 aliphatic rings. The molecule has 190 valence electrons. The summed E-state index contributed by atoms with van der Waals surface area (Å²) in [6.45, 7) is 2.74. The molecule has 0 radical (unpaired) electrons. The number of aliphatic hydroxyl groups is 1. The number of rotatable bonds is 20. The average Bonchev–Trinajstić information content (AvgIpc) is 2.84. The molecule has 0 aliphatic carbocycles. The maximum absolute atomic E-state index is 9.41. The van der Waals surface area contributed by atoms with Gasteiger partial charge in [0.15, 0.2) is 0 Å². The van der Waals surface area contributed by atoms with Crippen molar-refractivity contribution in [3.63, 3.8) is 0 Å². The van der Waals surface area contributed by atoms with E-state index in [-0.39, 0.29) is 39.2 Å². The Morgan fingerprint density at radius 1 is 0.818 bits per heavy atom. The monoisotopic (exact) mass is 472 g/mol. The maximum atomic E-state index is 9.41. The molecule has 0 aliphatic heterocycles. The summed E-state index contributed by atoms with van der Waals surface area (Å²) in [5.74, 6) is 0.809. The lowest BCUT2D eigenvalue weighted by Crippen LogP contribution is -2.33. The zero-order chi connectivity index (χ0) is 24.3. The first-order valence-corrected chi connectivity index (χ1v) is 10.9. The molecule has 1 rings (SSSR count). The maximum Gasteiger partial charge on any atom is 0.147 e. The van der Waals surface area contributed by atoms with Crippen molar-refractivity contribution in [2.45, 2.75) is 50.8 Å². The number of aliphatic hydroxyl groups excluding tert-OH is 1. The van der Waals surface area contributed by atoms with E-state index in [1.807, 2.05) is 43.3 Å². The lowest BCUT2D eigenvalue weighted by atomic mass is 10.1. The van der Waals surface area contributed by atoms with Crippen LogP contribution in [0.1, 0.15) is 25.3 Å². The molecule has 33 heavy (non-hydrogen) atoms. The van der Waals surface area contributed by atoms with E-state index < -0.39 is 12.2 Å². The average molecular weight is 473 g/mol. The molecule has 4 atom stereocenters. The fourth-order valence-corrected chi connectivity index (χ4v) is 3.01. The smallest absolute Gasteiger partial charge is 0.147 e. The van der Waals surface area contributed by atoms with E-state index in [2.05, 4.69) is 0 Å². The molecule has 0 fully saturated rings. The van der Waals surface area contributed by atoms with Crippen molar-refractivity contribution in [2.75, 3.05) is 55.4 Å². The van der Waals surface area contributed by atoms with Gasteiger partial charge in [-0.15, -0.1) is 0 Å². The van der Waals surface area contributed by atoms with Gasteiger partial charge in [0.05, 0.1) is 32.0 Å². The van der Waals surface area contributed by atoms with Gasteiger partial charge in [-0.3, -0.25) is 0 Å². The van der Waals surface area contributed by atoms with Gasteiger partial charge in [0.25, 0.3) is 0 Å². The van der Waals surface area contributed by atoms with Gasteiger partial charge in [-0.2, -0.15) is 0 Å². The highest BCUT2D eigenvalue weighted by molar-refractivity contribution is 5.26. The Labute approximate surface area is 197 Å². The molecule has 9 heteroatoms. The fourth-order valence-electron chi connectivity index (χ4n) is 3.01. The van der Waals surface area contributed by atoms with E-state index >= 15 is 0 Å². The van der Waals surface area contributed by atoms with Crippen LogP contribution in [0.25, 0.3) is 0 Å². The Hall–Kier alpha value is -1.56. The van der Waals surface area contributed by atoms with Crippen LogP contribution in [0.2, 0.25) is 0 Å². The number of ether oxygens (including phenoxy) is 8. The molecule has 1 aromatic rings. The molecule has 0 saturated carbocycles.